The summed E-state index contributed by atoms with van der Waals surface area (Å²) in [6.45, 7) is 3.24. The molecule has 2 aliphatic rings. The molecule has 1 heterocycles. The first-order valence-corrected chi connectivity index (χ1v) is 4.27. The maximum absolute atomic E-state index is 5.66. The van der Waals surface area contributed by atoms with Gasteiger partial charge in [-0.05, 0) is 31.7 Å². The molecule has 1 atom stereocenters. The van der Waals surface area contributed by atoms with Crippen LogP contribution in [0.4, 0.5) is 0 Å². The average Bonchev–Trinajstić information content (AvgIpc) is 2.63. The molecule has 0 radical (unpaired) electrons. The summed E-state index contributed by atoms with van der Waals surface area (Å²) in [7, 11) is 0. The van der Waals surface area contributed by atoms with Crippen molar-refractivity contribution < 1.29 is 4.74 Å². The fraction of sp³-hybridized carbons (Fsp3) is 1.00. The van der Waals surface area contributed by atoms with Crippen molar-refractivity contribution in [3.05, 3.63) is 0 Å². The lowest BCUT2D eigenvalue weighted by Gasteiger charge is -2.08. The summed E-state index contributed by atoms with van der Waals surface area (Å²) in [4.78, 5) is 0. The Bertz CT molecular complexity index is 106. The third-order valence-electron chi connectivity index (χ3n) is 2.28. The molecule has 1 aliphatic heterocycles. The van der Waals surface area contributed by atoms with Crippen LogP contribution in [0.3, 0.4) is 0 Å². The van der Waals surface area contributed by atoms with Gasteiger partial charge in [0.1, 0.15) is 0 Å². The molecule has 1 aliphatic carbocycles. The summed E-state index contributed by atoms with van der Waals surface area (Å²) in [5.41, 5.74) is 0. The van der Waals surface area contributed by atoms with Gasteiger partial charge in [0.15, 0.2) is 0 Å². The van der Waals surface area contributed by atoms with E-state index in [-0.39, 0.29) is 0 Å². The van der Waals surface area contributed by atoms with Crippen molar-refractivity contribution in [2.45, 2.75) is 25.4 Å². The van der Waals surface area contributed by atoms with Gasteiger partial charge in [0.2, 0.25) is 0 Å². The molecule has 0 bridgehead atoms. The van der Waals surface area contributed by atoms with Gasteiger partial charge in [-0.3, -0.25) is 0 Å². The van der Waals surface area contributed by atoms with E-state index < -0.39 is 0 Å². The molecule has 2 nitrogen and oxygen atoms in total. The van der Waals surface area contributed by atoms with E-state index in [2.05, 4.69) is 5.32 Å². The first kappa shape index (κ1) is 6.62. The minimum Gasteiger partial charge on any atom is -0.377 e. The largest absolute Gasteiger partial charge is 0.377 e. The Morgan fingerprint density at radius 1 is 1.30 bits per heavy atom. The standard InChI is InChI=1S/C8H15NO/c1-2-7(1)6-10-8-3-4-9-5-8/h7-9H,1-6H2/t8-/m1/s1. The summed E-state index contributed by atoms with van der Waals surface area (Å²) in [5, 5.41) is 3.29. The van der Waals surface area contributed by atoms with E-state index >= 15 is 0 Å². The third-order valence-corrected chi connectivity index (χ3v) is 2.28. The fourth-order valence-corrected chi connectivity index (χ4v) is 1.33. The second kappa shape index (κ2) is 2.89. The van der Waals surface area contributed by atoms with Crippen molar-refractivity contribution in [2.24, 2.45) is 5.92 Å². The maximum Gasteiger partial charge on any atom is 0.0711 e. The molecule has 1 N–H and O–H groups in total. The van der Waals surface area contributed by atoms with Crippen LogP contribution >= 0.6 is 0 Å². The Morgan fingerprint density at radius 2 is 2.20 bits per heavy atom. The maximum atomic E-state index is 5.66. The van der Waals surface area contributed by atoms with Gasteiger partial charge < -0.3 is 10.1 Å². The molecule has 0 unspecified atom stereocenters. The van der Waals surface area contributed by atoms with Gasteiger partial charge in [0, 0.05) is 13.2 Å². The van der Waals surface area contributed by atoms with Gasteiger partial charge in [0.05, 0.1) is 6.10 Å². The molecular weight excluding hydrogens is 126 g/mol. The van der Waals surface area contributed by atoms with Crippen molar-refractivity contribution in [3.8, 4) is 0 Å². The molecule has 0 aromatic rings. The zero-order valence-electron chi connectivity index (χ0n) is 6.31. The fourth-order valence-electron chi connectivity index (χ4n) is 1.33. The predicted octanol–water partition coefficient (Wildman–Crippen LogP) is 0.775. The minimum absolute atomic E-state index is 0.528. The summed E-state index contributed by atoms with van der Waals surface area (Å²) in [5.74, 6) is 0.917. The topological polar surface area (TPSA) is 21.3 Å². The number of nitrogens with one attached hydrogen (secondary N) is 1. The van der Waals surface area contributed by atoms with Crippen molar-refractivity contribution >= 4 is 0 Å². The Labute approximate surface area is 61.9 Å². The molecule has 0 aromatic carbocycles. The van der Waals surface area contributed by atoms with E-state index in [1.807, 2.05) is 0 Å². The predicted molar refractivity (Wildman–Crippen MR) is 40.0 cm³/mol. The Kier molecular flexibility index (Phi) is 1.91. The Hall–Kier alpha value is -0.0800. The quantitative estimate of drug-likeness (QED) is 0.627. The van der Waals surface area contributed by atoms with Crippen LogP contribution in [0.2, 0.25) is 0 Å². The molecule has 2 fully saturated rings. The van der Waals surface area contributed by atoms with Crippen molar-refractivity contribution in [1.82, 2.24) is 5.32 Å². The van der Waals surface area contributed by atoms with Crippen LogP contribution in [0.25, 0.3) is 0 Å². The van der Waals surface area contributed by atoms with Gasteiger partial charge in [-0.2, -0.15) is 0 Å². The zero-order valence-corrected chi connectivity index (χ0v) is 6.31. The molecule has 1 saturated heterocycles. The highest BCUT2D eigenvalue weighted by atomic mass is 16.5. The minimum atomic E-state index is 0.528. The average molecular weight is 141 g/mol. The molecule has 58 valence electrons. The molecule has 1 saturated carbocycles. The second-order valence-corrected chi connectivity index (χ2v) is 3.39. The van der Waals surface area contributed by atoms with Crippen LogP contribution in [-0.4, -0.2) is 25.8 Å². The van der Waals surface area contributed by atoms with E-state index in [1.165, 1.54) is 19.3 Å². The lowest BCUT2D eigenvalue weighted by Crippen LogP contribution is -2.17. The van der Waals surface area contributed by atoms with Gasteiger partial charge in [-0.25, -0.2) is 0 Å². The van der Waals surface area contributed by atoms with Crippen LogP contribution in [0, 0.1) is 5.92 Å². The van der Waals surface area contributed by atoms with Gasteiger partial charge >= 0.3 is 0 Å². The first-order chi connectivity index (χ1) is 4.95. The number of hydrogen-bond donors (Lipinski definition) is 1. The highest BCUT2D eigenvalue weighted by molar-refractivity contribution is 4.75. The van der Waals surface area contributed by atoms with Crippen molar-refractivity contribution in [3.63, 3.8) is 0 Å². The molecule has 0 amide bonds. The van der Waals surface area contributed by atoms with E-state index in [1.54, 1.807) is 0 Å². The second-order valence-electron chi connectivity index (χ2n) is 3.39. The van der Waals surface area contributed by atoms with Gasteiger partial charge in [-0.15, -0.1) is 0 Å². The highest BCUT2D eigenvalue weighted by Crippen LogP contribution is 2.29. The Balaban J connectivity index is 1.59. The lowest BCUT2D eigenvalue weighted by atomic mass is 10.3. The molecule has 2 heteroatoms. The summed E-state index contributed by atoms with van der Waals surface area (Å²) < 4.78 is 5.66. The smallest absolute Gasteiger partial charge is 0.0711 e. The Morgan fingerprint density at radius 3 is 2.80 bits per heavy atom. The van der Waals surface area contributed by atoms with Crippen LogP contribution < -0.4 is 5.32 Å². The lowest BCUT2D eigenvalue weighted by molar-refractivity contribution is 0.0594. The molecule has 10 heavy (non-hydrogen) atoms. The van der Waals surface area contributed by atoms with E-state index in [4.69, 9.17) is 4.74 Å². The summed E-state index contributed by atoms with van der Waals surface area (Å²) in [6.07, 6.45) is 4.55. The van der Waals surface area contributed by atoms with Crippen LogP contribution in [0.1, 0.15) is 19.3 Å². The molecular formula is C8H15NO. The zero-order chi connectivity index (χ0) is 6.81. The number of rotatable bonds is 3. The normalized spacial score (nSPS) is 33.0. The molecule has 0 aromatic heterocycles. The van der Waals surface area contributed by atoms with E-state index in [0.717, 1.165) is 25.6 Å². The summed E-state index contributed by atoms with van der Waals surface area (Å²) >= 11 is 0. The first-order valence-electron chi connectivity index (χ1n) is 4.27. The van der Waals surface area contributed by atoms with Crippen molar-refractivity contribution in [1.29, 1.82) is 0 Å². The van der Waals surface area contributed by atoms with Gasteiger partial charge in [0.25, 0.3) is 0 Å². The van der Waals surface area contributed by atoms with Gasteiger partial charge in [-0.1, -0.05) is 0 Å². The highest BCUT2D eigenvalue weighted by Gasteiger charge is 2.24. The van der Waals surface area contributed by atoms with E-state index in [0.29, 0.717) is 6.10 Å². The molecule has 2 rings (SSSR count). The number of ether oxygens (including phenoxy) is 1. The monoisotopic (exact) mass is 141 g/mol. The van der Waals surface area contributed by atoms with Crippen molar-refractivity contribution in [2.75, 3.05) is 19.7 Å². The number of hydrogen-bond acceptors (Lipinski definition) is 2. The summed E-state index contributed by atoms with van der Waals surface area (Å²) in [6, 6.07) is 0. The van der Waals surface area contributed by atoms with Crippen LogP contribution in [0.15, 0.2) is 0 Å². The van der Waals surface area contributed by atoms with Crippen LogP contribution in [0.5, 0.6) is 0 Å². The molecule has 0 spiro atoms. The SMILES string of the molecule is C1C[C@@H](OCC2CC2)CN1. The van der Waals surface area contributed by atoms with Crippen LogP contribution in [-0.2, 0) is 4.74 Å². The van der Waals surface area contributed by atoms with E-state index in [9.17, 15) is 0 Å². The third kappa shape index (κ3) is 1.70.